The van der Waals surface area contributed by atoms with Crippen LogP contribution in [0.25, 0.3) is 0 Å². The molecule has 3 aliphatic rings. The number of halogens is 1. The molecular formula is C15H11ClN2O4. The summed E-state index contributed by atoms with van der Waals surface area (Å²) in [6.07, 6.45) is 4.86. The highest BCUT2D eigenvalue weighted by Crippen LogP contribution is 2.53. The molecule has 7 heteroatoms. The fraction of sp³-hybridized carbons (Fsp3) is 0.333. The van der Waals surface area contributed by atoms with E-state index < -0.39 is 4.92 Å². The summed E-state index contributed by atoms with van der Waals surface area (Å²) in [6.45, 7) is 0. The molecule has 1 aromatic rings. The Morgan fingerprint density at radius 3 is 2.27 bits per heavy atom. The minimum atomic E-state index is -0.622. The second-order valence-electron chi connectivity index (χ2n) is 5.90. The van der Waals surface area contributed by atoms with Crippen molar-refractivity contribution in [2.24, 2.45) is 23.7 Å². The van der Waals surface area contributed by atoms with Crippen LogP contribution in [0.3, 0.4) is 0 Å². The van der Waals surface area contributed by atoms with E-state index >= 15 is 0 Å². The molecule has 112 valence electrons. The zero-order valence-corrected chi connectivity index (χ0v) is 12.1. The second kappa shape index (κ2) is 4.39. The van der Waals surface area contributed by atoms with Gasteiger partial charge in [0.25, 0.3) is 5.69 Å². The number of fused-ring (bicyclic) bond motifs is 5. The average molecular weight is 319 g/mol. The quantitative estimate of drug-likeness (QED) is 0.363. The highest BCUT2D eigenvalue weighted by molar-refractivity contribution is 6.33. The van der Waals surface area contributed by atoms with E-state index in [1.165, 1.54) is 18.2 Å². The summed E-state index contributed by atoms with van der Waals surface area (Å²) in [5, 5.41) is 11.0. The van der Waals surface area contributed by atoms with Crippen molar-refractivity contribution in [2.45, 2.75) is 6.42 Å². The molecule has 22 heavy (non-hydrogen) atoms. The van der Waals surface area contributed by atoms with E-state index in [2.05, 4.69) is 0 Å². The standard InChI is InChI=1S/C15H11ClN2O4/c16-10-4-3-9(6-11(10)18(21)22)17-14(19)12-7-1-2-8(5-7)13(12)15(17)20/h1-4,6-8,12-13H,5H2/t7-,8+,12-,13-/m0/s1. The van der Waals surface area contributed by atoms with Crippen LogP contribution in [0.5, 0.6) is 0 Å². The van der Waals surface area contributed by atoms with Gasteiger partial charge < -0.3 is 0 Å². The Balaban J connectivity index is 1.76. The SMILES string of the molecule is O=C1[C@@H]2[C@@H](C(=O)N1c1ccc(Cl)c([N+](=O)[O-])c1)[C@H]1C=C[C@@H]2C1. The third-order valence-corrected chi connectivity index (χ3v) is 5.17. The molecule has 0 unspecified atom stereocenters. The number of anilines is 1. The van der Waals surface area contributed by atoms with Gasteiger partial charge in [-0.2, -0.15) is 0 Å². The van der Waals surface area contributed by atoms with Gasteiger partial charge >= 0.3 is 0 Å². The number of carbonyl (C=O) groups excluding carboxylic acids is 2. The third kappa shape index (κ3) is 1.61. The summed E-state index contributed by atoms with van der Waals surface area (Å²) in [5.74, 6) is -0.945. The normalized spacial score (nSPS) is 32.0. The van der Waals surface area contributed by atoms with E-state index in [-0.39, 0.29) is 51.9 Å². The van der Waals surface area contributed by atoms with E-state index in [0.29, 0.717) is 0 Å². The summed E-state index contributed by atoms with van der Waals surface area (Å²) in [7, 11) is 0. The lowest BCUT2D eigenvalue weighted by molar-refractivity contribution is -0.384. The minimum Gasteiger partial charge on any atom is -0.274 e. The number of carbonyl (C=O) groups is 2. The van der Waals surface area contributed by atoms with Crippen LogP contribution in [0, 0.1) is 33.8 Å². The van der Waals surface area contributed by atoms with Crippen molar-refractivity contribution in [1.29, 1.82) is 0 Å². The first-order valence-corrected chi connectivity index (χ1v) is 7.37. The highest BCUT2D eigenvalue weighted by atomic mass is 35.5. The van der Waals surface area contributed by atoms with Crippen LogP contribution in [0.1, 0.15) is 6.42 Å². The molecule has 1 aromatic carbocycles. The zero-order valence-electron chi connectivity index (χ0n) is 11.3. The summed E-state index contributed by atoms with van der Waals surface area (Å²) in [4.78, 5) is 36.7. The average Bonchev–Trinajstić information content (AvgIpc) is 3.14. The number of hydrogen-bond acceptors (Lipinski definition) is 4. The summed E-state index contributed by atoms with van der Waals surface area (Å²) in [5.41, 5.74) is -0.0853. The number of nitro groups is 1. The first kappa shape index (κ1) is 13.5. The van der Waals surface area contributed by atoms with Crippen molar-refractivity contribution in [2.75, 3.05) is 4.90 Å². The molecular weight excluding hydrogens is 308 g/mol. The number of allylic oxidation sites excluding steroid dienone is 2. The van der Waals surface area contributed by atoms with Gasteiger partial charge in [-0.3, -0.25) is 19.7 Å². The number of imide groups is 1. The number of hydrogen-bond donors (Lipinski definition) is 0. The molecule has 1 heterocycles. The lowest BCUT2D eigenvalue weighted by Crippen LogP contribution is -2.32. The molecule has 2 fully saturated rings. The summed E-state index contributed by atoms with van der Waals surface area (Å²) >= 11 is 5.78. The van der Waals surface area contributed by atoms with Crippen molar-refractivity contribution in [3.63, 3.8) is 0 Å². The van der Waals surface area contributed by atoms with Crippen molar-refractivity contribution >= 4 is 34.8 Å². The molecule has 4 atom stereocenters. The maximum atomic E-state index is 12.6. The number of nitrogens with zero attached hydrogens (tertiary/aromatic N) is 2. The van der Waals surface area contributed by atoms with Crippen molar-refractivity contribution in [1.82, 2.24) is 0 Å². The van der Waals surface area contributed by atoms with E-state index in [0.717, 1.165) is 11.3 Å². The van der Waals surface area contributed by atoms with Gasteiger partial charge in [0.2, 0.25) is 11.8 Å². The van der Waals surface area contributed by atoms with E-state index in [4.69, 9.17) is 11.6 Å². The zero-order chi connectivity index (χ0) is 15.6. The fourth-order valence-electron chi connectivity index (χ4n) is 3.94. The molecule has 2 amide bonds. The molecule has 0 radical (unpaired) electrons. The maximum Gasteiger partial charge on any atom is 0.289 e. The number of benzene rings is 1. The molecule has 1 saturated heterocycles. The molecule has 2 aliphatic carbocycles. The van der Waals surface area contributed by atoms with Crippen LogP contribution in [-0.2, 0) is 9.59 Å². The smallest absolute Gasteiger partial charge is 0.274 e. The van der Waals surface area contributed by atoms with Crippen LogP contribution in [0.4, 0.5) is 11.4 Å². The van der Waals surface area contributed by atoms with Crippen molar-refractivity contribution in [3.05, 3.63) is 45.5 Å². The molecule has 0 N–H and O–H groups in total. The monoisotopic (exact) mass is 318 g/mol. The lowest BCUT2D eigenvalue weighted by Gasteiger charge is -2.17. The van der Waals surface area contributed by atoms with Crippen LogP contribution in [0.15, 0.2) is 30.4 Å². The highest BCUT2D eigenvalue weighted by Gasteiger charge is 2.59. The van der Waals surface area contributed by atoms with E-state index in [9.17, 15) is 19.7 Å². The van der Waals surface area contributed by atoms with Gasteiger partial charge in [0.05, 0.1) is 22.4 Å². The topological polar surface area (TPSA) is 80.5 Å². The van der Waals surface area contributed by atoms with E-state index in [1.54, 1.807) is 0 Å². The van der Waals surface area contributed by atoms with Gasteiger partial charge in [0.15, 0.2) is 0 Å². The van der Waals surface area contributed by atoms with E-state index in [1.807, 2.05) is 12.2 Å². The van der Waals surface area contributed by atoms with Gasteiger partial charge in [-0.1, -0.05) is 23.8 Å². The molecule has 0 aromatic heterocycles. The van der Waals surface area contributed by atoms with Crippen LogP contribution < -0.4 is 4.90 Å². The Morgan fingerprint density at radius 1 is 1.14 bits per heavy atom. The van der Waals surface area contributed by atoms with Gasteiger partial charge in [-0.05, 0) is 30.4 Å². The number of nitro benzene ring substituents is 1. The van der Waals surface area contributed by atoms with Gasteiger partial charge in [0, 0.05) is 6.07 Å². The largest absolute Gasteiger partial charge is 0.289 e. The predicted molar refractivity (Wildman–Crippen MR) is 78.3 cm³/mol. The first-order valence-electron chi connectivity index (χ1n) is 6.99. The Kier molecular flexibility index (Phi) is 2.69. The second-order valence-corrected chi connectivity index (χ2v) is 6.31. The molecule has 1 aliphatic heterocycles. The Bertz CT molecular complexity index is 730. The predicted octanol–water partition coefficient (Wildman–Crippen LogP) is 2.56. The van der Waals surface area contributed by atoms with Crippen LogP contribution in [-0.4, -0.2) is 16.7 Å². The summed E-state index contributed by atoms with van der Waals surface area (Å²) < 4.78 is 0. The Morgan fingerprint density at radius 2 is 1.73 bits per heavy atom. The third-order valence-electron chi connectivity index (χ3n) is 4.85. The molecule has 1 saturated carbocycles. The van der Waals surface area contributed by atoms with Gasteiger partial charge in [-0.25, -0.2) is 4.90 Å². The lowest BCUT2D eigenvalue weighted by atomic mass is 9.85. The number of amides is 2. The van der Waals surface area contributed by atoms with Crippen molar-refractivity contribution < 1.29 is 14.5 Å². The van der Waals surface area contributed by atoms with Gasteiger partial charge in [-0.15, -0.1) is 0 Å². The molecule has 0 spiro atoms. The minimum absolute atomic E-state index is 0.0187. The maximum absolute atomic E-state index is 12.6. The van der Waals surface area contributed by atoms with Crippen LogP contribution >= 0.6 is 11.6 Å². The first-order chi connectivity index (χ1) is 10.5. The van der Waals surface area contributed by atoms with Crippen molar-refractivity contribution in [3.8, 4) is 0 Å². The Hall–Kier alpha value is -2.21. The number of rotatable bonds is 2. The summed E-state index contributed by atoms with van der Waals surface area (Å²) in [6, 6.07) is 4.01. The molecule has 4 rings (SSSR count). The Labute approximate surface area is 130 Å². The molecule has 6 nitrogen and oxygen atoms in total. The van der Waals surface area contributed by atoms with Gasteiger partial charge in [0.1, 0.15) is 5.02 Å². The molecule has 2 bridgehead atoms. The fourth-order valence-corrected chi connectivity index (χ4v) is 4.12. The van der Waals surface area contributed by atoms with Crippen LogP contribution in [0.2, 0.25) is 5.02 Å².